The van der Waals surface area contributed by atoms with Gasteiger partial charge in [-0.05, 0) is 28.1 Å². The molecule has 0 aliphatic rings. The number of phenols is 1. The molecule has 0 bridgehead atoms. The molecule has 0 unspecified atom stereocenters. The molecule has 82 valence electrons. The molecule has 0 fully saturated rings. The van der Waals surface area contributed by atoms with Crippen LogP contribution in [0.2, 0.25) is 0 Å². The van der Waals surface area contributed by atoms with Gasteiger partial charge < -0.3 is 14.7 Å². The number of nitrogens with zero attached hydrogens (tertiary/aromatic N) is 1. The summed E-state index contributed by atoms with van der Waals surface area (Å²) < 4.78 is 5.16. The number of carboxylic acids is 1. The molecule has 6 heteroatoms. The van der Waals surface area contributed by atoms with Gasteiger partial charge in [0.2, 0.25) is 5.69 Å². The predicted molar refractivity (Wildman–Crippen MR) is 58.3 cm³/mol. The van der Waals surface area contributed by atoms with Crippen LogP contribution in [0.15, 0.2) is 33.3 Å². The van der Waals surface area contributed by atoms with Crippen LogP contribution >= 0.6 is 15.9 Å². The van der Waals surface area contributed by atoms with Gasteiger partial charge in [0.1, 0.15) is 10.2 Å². The van der Waals surface area contributed by atoms with Gasteiger partial charge in [-0.1, -0.05) is 17.3 Å². The number of aromatic nitrogens is 1. The number of hydrogen-bond acceptors (Lipinski definition) is 4. The lowest BCUT2D eigenvalue weighted by molar-refractivity contribution is 0.0685. The van der Waals surface area contributed by atoms with E-state index in [2.05, 4.69) is 21.1 Å². The molecule has 0 radical (unpaired) electrons. The lowest BCUT2D eigenvalue weighted by atomic mass is 10.1. The van der Waals surface area contributed by atoms with Gasteiger partial charge in [-0.25, -0.2) is 4.79 Å². The van der Waals surface area contributed by atoms with E-state index in [1.807, 2.05) is 0 Å². The van der Waals surface area contributed by atoms with Crippen molar-refractivity contribution < 1.29 is 19.5 Å². The number of carbonyl (C=O) groups is 1. The van der Waals surface area contributed by atoms with Gasteiger partial charge in [0.05, 0.1) is 0 Å². The second-order valence-electron chi connectivity index (χ2n) is 3.03. The summed E-state index contributed by atoms with van der Waals surface area (Å²) in [6.45, 7) is 0. The van der Waals surface area contributed by atoms with Gasteiger partial charge in [0.25, 0.3) is 0 Å². The van der Waals surface area contributed by atoms with Crippen molar-refractivity contribution in [1.29, 1.82) is 0 Å². The molecular weight excluding hydrogens is 278 g/mol. The summed E-state index contributed by atoms with van der Waals surface area (Å²) in [5.41, 5.74) is 0.352. The topological polar surface area (TPSA) is 83.6 Å². The first-order chi connectivity index (χ1) is 7.59. The molecule has 0 atom stereocenters. The number of carboxylic acid groups (broad SMARTS) is 1. The first-order valence-electron chi connectivity index (χ1n) is 4.27. The highest BCUT2D eigenvalue weighted by Gasteiger charge is 2.20. The SMILES string of the molecule is O=C(O)c1noc(-c2cccc(O)c2)c1Br. The van der Waals surface area contributed by atoms with E-state index < -0.39 is 5.97 Å². The van der Waals surface area contributed by atoms with E-state index in [9.17, 15) is 9.90 Å². The smallest absolute Gasteiger partial charge is 0.359 e. The van der Waals surface area contributed by atoms with Gasteiger partial charge >= 0.3 is 5.97 Å². The maximum absolute atomic E-state index is 10.7. The molecule has 1 aromatic carbocycles. The van der Waals surface area contributed by atoms with Gasteiger partial charge in [-0.3, -0.25) is 0 Å². The van der Waals surface area contributed by atoms with Crippen LogP contribution in [0.5, 0.6) is 5.75 Å². The predicted octanol–water partition coefficient (Wildman–Crippen LogP) is 2.51. The molecular formula is C10H6BrNO4. The van der Waals surface area contributed by atoms with Gasteiger partial charge in [-0.2, -0.15) is 0 Å². The Labute approximate surface area is 98.4 Å². The lowest BCUT2D eigenvalue weighted by Gasteiger charge is -1.97. The number of phenolic OH excluding ortho intramolecular Hbond substituents is 1. The third-order valence-corrected chi connectivity index (χ3v) is 2.68. The Morgan fingerprint density at radius 2 is 2.19 bits per heavy atom. The summed E-state index contributed by atoms with van der Waals surface area (Å²) in [6, 6.07) is 6.26. The number of hydrogen-bond donors (Lipinski definition) is 2. The van der Waals surface area contributed by atoms with Crippen molar-refractivity contribution in [3.63, 3.8) is 0 Å². The van der Waals surface area contributed by atoms with E-state index in [-0.39, 0.29) is 21.7 Å². The second kappa shape index (κ2) is 3.97. The van der Waals surface area contributed by atoms with E-state index in [0.717, 1.165) is 0 Å². The van der Waals surface area contributed by atoms with Gasteiger partial charge in [0, 0.05) is 5.56 Å². The standard InChI is InChI=1S/C10H6BrNO4/c11-7-8(10(14)15)12-16-9(7)5-2-1-3-6(13)4-5/h1-4,13H,(H,14,15). The highest BCUT2D eigenvalue weighted by Crippen LogP contribution is 2.32. The Balaban J connectivity index is 2.53. The number of halogens is 1. The quantitative estimate of drug-likeness (QED) is 0.885. The summed E-state index contributed by atoms with van der Waals surface area (Å²) in [4.78, 5) is 10.7. The molecule has 2 rings (SSSR count). The van der Waals surface area contributed by atoms with E-state index in [0.29, 0.717) is 5.56 Å². The molecule has 0 spiro atoms. The Kier molecular flexibility index (Phi) is 2.66. The van der Waals surface area contributed by atoms with E-state index >= 15 is 0 Å². The first kappa shape index (κ1) is 10.7. The molecule has 0 amide bonds. The summed E-state index contributed by atoms with van der Waals surface area (Å²) >= 11 is 3.09. The molecule has 2 N–H and O–H groups in total. The molecule has 2 aromatic rings. The molecule has 16 heavy (non-hydrogen) atoms. The maximum Gasteiger partial charge on any atom is 0.359 e. The molecule has 5 nitrogen and oxygen atoms in total. The lowest BCUT2D eigenvalue weighted by Crippen LogP contribution is -1.96. The molecule has 0 saturated heterocycles. The average Bonchev–Trinajstić information content (AvgIpc) is 2.60. The summed E-state index contributed by atoms with van der Waals surface area (Å²) in [5, 5.41) is 21.5. The van der Waals surface area contributed by atoms with E-state index in [1.165, 1.54) is 12.1 Å². The van der Waals surface area contributed by atoms with Crippen molar-refractivity contribution in [3.05, 3.63) is 34.4 Å². The van der Waals surface area contributed by atoms with E-state index in [1.54, 1.807) is 12.1 Å². The van der Waals surface area contributed by atoms with Crippen molar-refractivity contribution in [2.75, 3.05) is 0 Å². The maximum atomic E-state index is 10.7. The van der Waals surface area contributed by atoms with Gasteiger partial charge in [0.15, 0.2) is 5.76 Å². The Bertz CT molecular complexity index is 550. The fraction of sp³-hybridized carbons (Fsp3) is 0. The summed E-state index contributed by atoms with van der Waals surface area (Å²) in [6.07, 6.45) is 0. The number of rotatable bonds is 2. The van der Waals surface area contributed by atoms with Crippen LogP contribution in [-0.2, 0) is 0 Å². The summed E-state index contributed by atoms with van der Waals surface area (Å²) in [7, 11) is 0. The highest BCUT2D eigenvalue weighted by atomic mass is 79.9. The van der Waals surface area contributed by atoms with Crippen LogP contribution in [0, 0.1) is 0 Å². The molecule has 1 heterocycles. The first-order valence-corrected chi connectivity index (χ1v) is 5.06. The number of aromatic carboxylic acids is 1. The van der Waals surface area contributed by atoms with Crippen LogP contribution < -0.4 is 0 Å². The Morgan fingerprint density at radius 1 is 1.44 bits per heavy atom. The van der Waals surface area contributed by atoms with Crippen molar-refractivity contribution in [2.45, 2.75) is 0 Å². The molecule has 1 aromatic heterocycles. The fourth-order valence-electron chi connectivity index (χ4n) is 1.24. The second-order valence-corrected chi connectivity index (χ2v) is 3.82. The molecule has 0 saturated carbocycles. The fourth-order valence-corrected chi connectivity index (χ4v) is 1.78. The van der Waals surface area contributed by atoms with Crippen LogP contribution in [-0.4, -0.2) is 21.3 Å². The summed E-state index contributed by atoms with van der Waals surface area (Å²) in [5.74, 6) is -0.840. The highest BCUT2D eigenvalue weighted by molar-refractivity contribution is 9.10. The van der Waals surface area contributed by atoms with E-state index in [4.69, 9.17) is 9.63 Å². The minimum absolute atomic E-state index is 0.0673. The number of benzene rings is 1. The zero-order chi connectivity index (χ0) is 11.7. The van der Waals surface area contributed by atoms with Crippen molar-refractivity contribution in [3.8, 4) is 17.1 Å². The van der Waals surface area contributed by atoms with Crippen molar-refractivity contribution in [1.82, 2.24) is 5.16 Å². The minimum Gasteiger partial charge on any atom is -0.508 e. The Morgan fingerprint density at radius 3 is 2.75 bits per heavy atom. The van der Waals surface area contributed by atoms with Crippen molar-refractivity contribution >= 4 is 21.9 Å². The zero-order valence-corrected chi connectivity index (χ0v) is 9.43. The zero-order valence-electron chi connectivity index (χ0n) is 7.85. The minimum atomic E-state index is -1.18. The molecule has 0 aliphatic heterocycles. The normalized spacial score (nSPS) is 10.3. The Hall–Kier alpha value is -1.82. The van der Waals surface area contributed by atoms with Crippen LogP contribution in [0.25, 0.3) is 11.3 Å². The molecule has 0 aliphatic carbocycles. The van der Waals surface area contributed by atoms with Crippen LogP contribution in [0.3, 0.4) is 0 Å². The van der Waals surface area contributed by atoms with Crippen LogP contribution in [0.1, 0.15) is 10.5 Å². The van der Waals surface area contributed by atoms with Crippen molar-refractivity contribution in [2.24, 2.45) is 0 Å². The third kappa shape index (κ3) is 1.79. The average molecular weight is 284 g/mol. The largest absolute Gasteiger partial charge is 0.508 e. The van der Waals surface area contributed by atoms with Crippen LogP contribution in [0.4, 0.5) is 0 Å². The number of aromatic hydroxyl groups is 1. The monoisotopic (exact) mass is 283 g/mol. The van der Waals surface area contributed by atoms with Gasteiger partial charge in [-0.15, -0.1) is 0 Å². The third-order valence-electron chi connectivity index (χ3n) is 1.95.